The van der Waals surface area contributed by atoms with Crippen molar-refractivity contribution in [1.82, 2.24) is 10.6 Å². The molecule has 0 bridgehead atoms. The molecule has 0 saturated carbocycles. The lowest BCUT2D eigenvalue weighted by Crippen LogP contribution is -2.43. The maximum atomic E-state index is 12.5. The highest BCUT2D eigenvalue weighted by Crippen LogP contribution is 2.26. The van der Waals surface area contributed by atoms with Gasteiger partial charge in [0.1, 0.15) is 0 Å². The van der Waals surface area contributed by atoms with E-state index in [9.17, 15) is 4.79 Å². The van der Waals surface area contributed by atoms with Crippen LogP contribution >= 0.6 is 0 Å². The number of carbonyl (C=O) groups excluding carboxylic acids is 1. The maximum absolute atomic E-state index is 12.5. The number of nitrogens with one attached hydrogen (secondary N) is 2. The van der Waals surface area contributed by atoms with Crippen molar-refractivity contribution >= 4 is 11.6 Å². The number of hydrogen-bond donors (Lipinski definition) is 2. The standard InChI is InChI=1S/C22H27N3O2/c26-22(24-16-21-8-3-13-27-21)19-6-1-4-17(14-19)18-5-2-7-20(15-18)25-11-9-23-10-12-25/h1-2,4-7,14-15,21,23H,3,8-13,16H2,(H,24,26)/t21-/m1/s1. The SMILES string of the molecule is O=C(NC[C@H]1CCCO1)c1cccc(-c2cccc(N3CCNCC3)c2)c1. The number of ether oxygens (including phenoxy) is 1. The van der Waals surface area contributed by atoms with Crippen molar-refractivity contribution in [2.24, 2.45) is 0 Å². The first-order valence-corrected chi connectivity index (χ1v) is 9.85. The normalized spacial score (nSPS) is 19.9. The topological polar surface area (TPSA) is 53.6 Å². The summed E-state index contributed by atoms with van der Waals surface area (Å²) in [5, 5.41) is 6.39. The van der Waals surface area contributed by atoms with Gasteiger partial charge in [0.2, 0.25) is 0 Å². The van der Waals surface area contributed by atoms with Crippen LogP contribution in [0.4, 0.5) is 5.69 Å². The van der Waals surface area contributed by atoms with Gasteiger partial charge in [0.25, 0.3) is 5.91 Å². The van der Waals surface area contributed by atoms with E-state index in [4.69, 9.17) is 4.74 Å². The number of nitrogens with zero attached hydrogens (tertiary/aromatic N) is 1. The van der Waals surface area contributed by atoms with E-state index >= 15 is 0 Å². The molecule has 2 aromatic rings. The van der Waals surface area contributed by atoms with Crippen LogP contribution in [0.2, 0.25) is 0 Å². The van der Waals surface area contributed by atoms with Crippen LogP contribution in [0.25, 0.3) is 11.1 Å². The number of rotatable bonds is 5. The predicted octanol–water partition coefficient (Wildman–Crippen LogP) is 2.67. The van der Waals surface area contributed by atoms with Gasteiger partial charge in [-0.25, -0.2) is 0 Å². The first-order chi connectivity index (χ1) is 13.3. The fraction of sp³-hybridized carbons (Fsp3) is 0.409. The van der Waals surface area contributed by atoms with Gasteiger partial charge in [-0.15, -0.1) is 0 Å². The van der Waals surface area contributed by atoms with Crippen molar-refractivity contribution in [3.63, 3.8) is 0 Å². The number of anilines is 1. The Morgan fingerprint density at radius 3 is 2.67 bits per heavy atom. The second kappa shape index (κ2) is 8.55. The van der Waals surface area contributed by atoms with Crippen molar-refractivity contribution < 1.29 is 9.53 Å². The average Bonchev–Trinajstić information content (AvgIpc) is 3.26. The lowest BCUT2D eigenvalue weighted by molar-refractivity contribution is 0.0858. The molecule has 2 heterocycles. The molecule has 2 aliphatic rings. The molecule has 2 fully saturated rings. The lowest BCUT2D eigenvalue weighted by atomic mass is 10.0. The minimum atomic E-state index is -0.0365. The van der Waals surface area contributed by atoms with Crippen LogP contribution in [0.5, 0.6) is 0 Å². The first-order valence-electron chi connectivity index (χ1n) is 9.85. The van der Waals surface area contributed by atoms with E-state index in [1.165, 1.54) is 5.69 Å². The van der Waals surface area contributed by atoms with E-state index in [2.05, 4.69) is 45.9 Å². The lowest BCUT2D eigenvalue weighted by Gasteiger charge is -2.29. The molecule has 27 heavy (non-hydrogen) atoms. The van der Waals surface area contributed by atoms with E-state index in [0.29, 0.717) is 12.1 Å². The molecular weight excluding hydrogens is 338 g/mol. The fourth-order valence-electron chi connectivity index (χ4n) is 3.76. The van der Waals surface area contributed by atoms with Gasteiger partial charge >= 0.3 is 0 Å². The summed E-state index contributed by atoms with van der Waals surface area (Å²) in [5.41, 5.74) is 4.14. The van der Waals surface area contributed by atoms with Crippen LogP contribution in [0, 0.1) is 0 Å². The molecule has 0 aliphatic carbocycles. The second-order valence-corrected chi connectivity index (χ2v) is 7.21. The molecule has 0 unspecified atom stereocenters. The number of piperazine rings is 1. The predicted molar refractivity (Wildman–Crippen MR) is 108 cm³/mol. The summed E-state index contributed by atoms with van der Waals surface area (Å²) in [7, 11) is 0. The number of benzene rings is 2. The van der Waals surface area contributed by atoms with Crippen molar-refractivity contribution in [2.45, 2.75) is 18.9 Å². The summed E-state index contributed by atoms with van der Waals surface area (Å²) in [6, 6.07) is 16.4. The quantitative estimate of drug-likeness (QED) is 0.855. The zero-order valence-electron chi connectivity index (χ0n) is 15.6. The molecule has 1 atom stereocenters. The first kappa shape index (κ1) is 18.0. The van der Waals surface area contributed by atoms with E-state index in [0.717, 1.165) is 56.8 Å². The molecule has 5 nitrogen and oxygen atoms in total. The van der Waals surface area contributed by atoms with Crippen LogP contribution in [0.1, 0.15) is 23.2 Å². The zero-order valence-corrected chi connectivity index (χ0v) is 15.6. The zero-order chi connectivity index (χ0) is 18.5. The minimum Gasteiger partial charge on any atom is -0.376 e. The Morgan fingerprint density at radius 2 is 1.89 bits per heavy atom. The largest absolute Gasteiger partial charge is 0.376 e. The van der Waals surface area contributed by atoms with Crippen LogP contribution in [-0.2, 0) is 4.74 Å². The van der Waals surface area contributed by atoms with E-state index in [1.54, 1.807) is 0 Å². The molecule has 0 aromatic heterocycles. The Balaban J connectivity index is 1.47. The Kier molecular flexibility index (Phi) is 5.70. The maximum Gasteiger partial charge on any atom is 0.251 e. The number of hydrogen-bond acceptors (Lipinski definition) is 4. The summed E-state index contributed by atoms with van der Waals surface area (Å²) in [5.74, 6) is -0.0365. The van der Waals surface area contributed by atoms with E-state index < -0.39 is 0 Å². The van der Waals surface area contributed by atoms with Gasteiger partial charge in [-0.05, 0) is 48.2 Å². The Bertz CT molecular complexity index is 781. The number of carbonyl (C=O) groups is 1. The summed E-state index contributed by atoms with van der Waals surface area (Å²) in [6.07, 6.45) is 2.27. The Hall–Kier alpha value is -2.37. The van der Waals surface area contributed by atoms with Crippen LogP contribution in [0.3, 0.4) is 0 Å². The third kappa shape index (κ3) is 4.49. The third-order valence-electron chi connectivity index (χ3n) is 5.30. The van der Waals surface area contributed by atoms with Crippen LogP contribution in [-0.4, -0.2) is 51.3 Å². The number of amides is 1. The summed E-state index contributed by atoms with van der Waals surface area (Å²) < 4.78 is 5.58. The fourth-order valence-corrected chi connectivity index (χ4v) is 3.76. The van der Waals surface area contributed by atoms with Gasteiger partial charge in [-0.3, -0.25) is 4.79 Å². The Labute approximate surface area is 160 Å². The van der Waals surface area contributed by atoms with Crippen molar-refractivity contribution in [3.05, 3.63) is 54.1 Å². The van der Waals surface area contributed by atoms with Gasteiger partial charge < -0.3 is 20.3 Å². The smallest absolute Gasteiger partial charge is 0.251 e. The molecular formula is C22H27N3O2. The minimum absolute atomic E-state index is 0.0365. The van der Waals surface area contributed by atoms with Gasteiger partial charge in [0.05, 0.1) is 6.10 Å². The summed E-state index contributed by atoms with van der Waals surface area (Å²) >= 11 is 0. The second-order valence-electron chi connectivity index (χ2n) is 7.21. The van der Waals surface area contributed by atoms with Gasteiger partial charge in [0, 0.05) is 50.6 Å². The van der Waals surface area contributed by atoms with Crippen molar-refractivity contribution in [2.75, 3.05) is 44.2 Å². The van der Waals surface area contributed by atoms with Gasteiger partial charge in [-0.1, -0.05) is 24.3 Å². The summed E-state index contributed by atoms with van der Waals surface area (Å²) in [4.78, 5) is 14.9. The van der Waals surface area contributed by atoms with Crippen LogP contribution < -0.4 is 15.5 Å². The Morgan fingerprint density at radius 1 is 1.11 bits per heavy atom. The van der Waals surface area contributed by atoms with Crippen molar-refractivity contribution in [1.29, 1.82) is 0 Å². The highest BCUT2D eigenvalue weighted by Gasteiger charge is 2.17. The summed E-state index contributed by atoms with van der Waals surface area (Å²) in [6.45, 7) is 5.47. The molecule has 0 spiro atoms. The van der Waals surface area contributed by atoms with Crippen LogP contribution in [0.15, 0.2) is 48.5 Å². The molecule has 0 radical (unpaired) electrons. The molecule has 4 rings (SSSR count). The average molecular weight is 365 g/mol. The molecule has 2 aliphatic heterocycles. The van der Waals surface area contributed by atoms with Gasteiger partial charge in [0.15, 0.2) is 0 Å². The molecule has 2 N–H and O–H groups in total. The molecule has 1 amide bonds. The monoisotopic (exact) mass is 365 g/mol. The molecule has 2 aromatic carbocycles. The molecule has 5 heteroatoms. The highest BCUT2D eigenvalue weighted by atomic mass is 16.5. The van der Waals surface area contributed by atoms with Crippen molar-refractivity contribution in [3.8, 4) is 11.1 Å². The van der Waals surface area contributed by atoms with E-state index in [-0.39, 0.29) is 12.0 Å². The molecule has 2 saturated heterocycles. The highest BCUT2D eigenvalue weighted by molar-refractivity contribution is 5.95. The molecule has 142 valence electrons. The third-order valence-corrected chi connectivity index (χ3v) is 5.30. The van der Waals surface area contributed by atoms with Gasteiger partial charge in [-0.2, -0.15) is 0 Å². The van der Waals surface area contributed by atoms with E-state index in [1.807, 2.05) is 18.2 Å².